The molecule has 0 aliphatic carbocycles. The van der Waals surface area contributed by atoms with E-state index in [1.807, 2.05) is 0 Å². The topological polar surface area (TPSA) is 71.8 Å². The Bertz CT molecular complexity index is 704. The second-order valence-electron chi connectivity index (χ2n) is 4.97. The van der Waals surface area contributed by atoms with Gasteiger partial charge in [0.1, 0.15) is 11.5 Å². The number of amides is 2. The summed E-state index contributed by atoms with van der Waals surface area (Å²) >= 11 is 11.8. The summed E-state index contributed by atoms with van der Waals surface area (Å²) in [4.78, 5) is 25.1. The molecule has 2 aromatic rings. The van der Waals surface area contributed by atoms with Gasteiger partial charge in [-0.15, -0.1) is 0 Å². The van der Waals surface area contributed by atoms with E-state index in [-0.39, 0.29) is 31.5 Å². The van der Waals surface area contributed by atoms with Gasteiger partial charge in [0.25, 0.3) is 5.91 Å². The molecule has 2 rings (SSSR count). The summed E-state index contributed by atoms with van der Waals surface area (Å²) in [6.45, 7) is -0.0727. The summed E-state index contributed by atoms with van der Waals surface area (Å²) < 4.78 is 10.5. The number of furan rings is 1. The molecule has 24 heavy (non-hydrogen) atoms. The number of hydrogen-bond acceptors (Lipinski definition) is 4. The molecule has 1 N–H and O–H groups in total. The molecule has 0 fully saturated rings. The maximum absolute atomic E-state index is 12.0. The molecule has 0 unspecified atom stereocenters. The number of ether oxygens (including phenoxy) is 1. The summed E-state index contributed by atoms with van der Waals surface area (Å²) in [5.41, 5.74) is 0. The normalized spacial score (nSPS) is 10.3. The number of nitrogens with zero attached hydrogens (tertiary/aromatic N) is 1. The Hall–Kier alpha value is -2.18. The van der Waals surface area contributed by atoms with E-state index in [0.29, 0.717) is 21.6 Å². The minimum atomic E-state index is -0.362. The van der Waals surface area contributed by atoms with Crippen molar-refractivity contribution in [2.24, 2.45) is 0 Å². The van der Waals surface area contributed by atoms with Crippen molar-refractivity contribution in [3.63, 3.8) is 0 Å². The Labute approximate surface area is 149 Å². The Morgan fingerprint density at radius 1 is 1.29 bits per heavy atom. The van der Waals surface area contributed by atoms with E-state index in [0.717, 1.165) is 0 Å². The molecule has 1 heterocycles. The average molecular weight is 371 g/mol. The summed E-state index contributed by atoms with van der Waals surface area (Å²) in [5, 5.41) is 3.46. The molecular weight excluding hydrogens is 355 g/mol. The van der Waals surface area contributed by atoms with Crippen LogP contribution in [0, 0.1) is 0 Å². The van der Waals surface area contributed by atoms with Crippen molar-refractivity contribution in [1.82, 2.24) is 10.2 Å². The lowest BCUT2D eigenvalue weighted by molar-refractivity contribution is -0.136. The fourth-order valence-corrected chi connectivity index (χ4v) is 2.13. The third kappa shape index (κ3) is 5.47. The highest BCUT2D eigenvalue weighted by atomic mass is 35.5. The minimum absolute atomic E-state index is 0.0911. The fourth-order valence-electron chi connectivity index (χ4n) is 1.80. The van der Waals surface area contributed by atoms with Crippen LogP contribution in [0.1, 0.15) is 5.76 Å². The SMILES string of the molecule is CN(CC(=O)NCc1ccco1)C(=O)COc1cc(Cl)ccc1Cl. The molecule has 0 saturated carbocycles. The zero-order valence-electron chi connectivity index (χ0n) is 12.9. The van der Waals surface area contributed by atoms with Crippen molar-refractivity contribution in [3.05, 3.63) is 52.4 Å². The van der Waals surface area contributed by atoms with Crippen LogP contribution in [-0.2, 0) is 16.1 Å². The van der Waals surface area contributed by atoms with Crippen LogP contribution in [0.15, 0.2) is 41.0 Å². The van der Waals surface area contributed by atoms with Crippen LogP contribution in [0.2, 0.25) is 10.0 Å². The number of hydrogen-bond donors (Lipinski definition) is 1. The predicted octanol–water partition coefficient (Wildman–Crippen LogP) is 2.74. The second kappa shape index (κ2) is 8.61. The van der Waals surface area contributed by atoms with Crippen molar-refractivity contribution in [2.45, 2.75) is 6.54 Å². The van der Waals surface area contributed by atoms with Crippen molar-refractivity contribution in [2.75, 3.05) is 20.2 Å². The van der Waals surface area contributed by atoms with Gasteiger partial charge in [-0.3, -0.25) is 9.59 Å². The van der Waals surface area contributed by atoms with Crippen molar-refractivity contribution >= 4 is 35.0 Å². The van der Waals surface area contributed by atoms with E-state index >= 15 is 0 Å². The van der Waals surface area contributed by atoms with Gasteiger partial charge in [0.15, 0.2) is 6.61 Å². The van der Waals surface area contributed by atoms with E-state index in [1.165, 1.54) is 24.3 Å². The molecule has 0 aliphatic heterocycles. The number of rotatable bonds is 7. The highest BCUT2D eigenvalue weighted by Crippen LogP contribution is 2.27. The summed E-state index contributed by atoms with van der Waals surface area (Å²) in [7, 11) is 1.51. The third-order valence-corrected chi connectivity index (χ3v) is 3.64. The average Bonchev–Trinajstić information content (AvgIpc) is 3.07. The zero-order chi connectivity index (χ0) is 17.5. The van der Waals surface area contributed by atoms with Crippen LogP contribution in [0.25, 0.3) is 0 Å². The number of nitrogens with one attached hydrogen (secondary N) is 1. The van der Waals surface area contributed by atoms with Gasteiger partial charge >= 0.3 is 0 Å². The molecule has 0 spiro atoms. The summed E-state index contributed by atoms with van der Waals surface area (Å²) in [5.74, 6) is 0.284. The number of halogens is 2. The van der Waals surface area contributed by atoms with Crippen LogP contribution in [0.3, 0.4) is 0 Å². The first-order chi connectivity index (χ1) is 11.5. The van der Waals surface area contributed by atoms with Gasteiger partial charge in [0.2, 0.25) is 5.91 Å². The van der Waals surface area contributed by atoms with Gasteiger partial charge in [-0.2, -0.15) is 0 Å². The smallest absolute Gasteiger partial charge is 0.260 e. The lowest BCUT2D eigenvalue weighted by atomic mass is 10.3. The predicted molar refractivity (Wildman–Crippen MR) is 90.1 cm³/mol. The van der Waals surface area contributed by atoms with E-state index in [1.54, 1.807) is 24.3 Å². The Morgan fingerprint density at radius 3 is 2.79 bits per heavy atom. The first-order valence-electron chi connectivity index (χ1n) is 7.06. The van der Waals surface area contributed by atoms with E-state index in [2.05, 4.69) is 5.32 Å². The molecule has 0 aliphatic rings. The van der Waals surface area contributed by atoms with Gasteiger partial charge in [0.05, 0.1) is 24.4 Å². The molecule has 1 aromatic carbocycles. The molecule has 8 heteroatoms. The maximum atomic E-state index is 12.0. The van der Waals surface area contributed by atoms with Gasteiger partial charge in [0, 0.05) is 18.1 Å². The van der Waals surface area contributed by atoms with Crippen LogP contribution >= 0.6 is 23.2 Å². The third-order valence-electron chi connectivity index (χ3n) is 3.09. The van der Waals surface area contributed by atoms with Crippen LogP contribution in [0.4, 0.5) is 0 Å². The summed E-state index contributed by atoms with van der Waals surface area (Å²) in [6.07, 6.45) is 1.52. The molecular formula is C16H16Cl2N2O4. The number of likely N-dealkylation sites (N-methyl/N-ethyl adjacent to an activating group) is 1. The first kappa shape index (κ1) is 18.2. The van der Waals surface area contributed by atoms with E-state index < -0.39 is 0 Å². The quantitative estimate of drug-likeness (QED) is 0.813. The minimum Gasteiger partial charge on any atom is -0.482 e. The molecule has 1 aromatic heterocycles. The largest absolute Gasteiger partial charge is 0.482 e. The monoisotopic (exact) mass is 370 g/mol. The van der Waals surface area contributed by atoms with Crippen molar-refractivity contribution in [3.8, 4) is 5.75 Å². The van der Waals surface area contributed by atoms with E-state index in [9.17, 15) is 9.59 Å². The second-order valence-corrected chi connectivity index (χ2v) is 5.81. The molecule has 0 saturated heterocycles. The Balaban J connectivity index is 1.77. The van der Waals surface area contributed by atoms with Crippen molar-refractivity contribution < 1.29 is 18.7 Å². The molecule has 0 atom stereocenters. The first-order valence-corrected chi connectivity index (χ1v) is 7.82. The number of carbonyl (C=O) groups is 2. The highest BCUT2D eigenvalue weighted by Gasteiger charge is 2.14. The lowest BCUT2D eigenvalue weighted by Crippen LogP contribution is -2.40. The van der Waals surface area contributed by atoms with Gasteiger partial charge in [-0.1, -0.05) is 23.2 Å². The van der Waals surface area contributed by atoms with Crippen LogP contribution < -0.4 is 10.1 Å². The fraction of sp³-hybridized carbons (Fsp3) is 0.250. The number of carbonyl (C=O) groups excluding carboxylic acids is 2. The van der Waals surface area contributed by atoms with Gasteiger partial charge in [-0.25, -0.2) is 0 Å². The molecule has 0 radical (unpaired) electrons. The maximum Gasteiger partial charge on any atom is 0.260 e. The number of benzene rings is 1. The highest BCUT2D eigenvalue weighted by molar-refractivity contribution is 6.34. The molecule has 128 valence electrons. The lowest BCUT2D eigenvalue weighted by Gasteiger charge is -2.17. The zero-order valence-corrected chi connectivity index (χ0v) is 14.4. The van der Waals surface area contributed by atoms with Crippen LogP contribution in [0.5, 0.6) is 5.75 Å². The molecule has 6 nitrogen and oxygen atoms in total. The van der Waals surface area contributed by atoms with Crippen LogP contribution in [-0.4, -0.2) is 36.9 Å². The molecule has 0 bridgehead atoms. The summed E-state index contributed by atoms with van der Waals surface area (Å²) in [6, 6.07) is 8.20. The van der Waals surface area contributed by atoms with Gasteiger partial charge in [-0.05, 0) is 24.3 Å². The van der Waals surface area contributed by atoms with Crippen molar-refractivity contribution in [1.29, 1.82) is 0 Å². The Morgan fingerprint density at radius 2 is 2.08 bits per heavy atom. The molecule has 2 amide bonds. The van der Waals surface area contributed by atoms with Gasteiger partial charge < -0.3 is 19.4 Å². The Kier molecular flexibility index (Phi) is 6.52. The standard InChI is InChI=1S/C16H16Cl2N2O4/c1-20(9-15(21)19-8-12-3-2-6-23-12)16(22)10-24-14-7-11(17)4-5-13(14)18/h2-7H,8-10H2,1H3,(H,19,21). The van der Waals surface area contributed by atoms with E-state index in [4.69, 9.17) is 32.4 Å².